The van der Waals surface area contributed by atoms with E-state index in [1.807, 2.05) is 12.2 Å². The van der Waals surface area contributed by atoms with Crippen LogP contribution in [0.1, 0.15) is 64.2 Å². The molecule has 1 spiro atoms. The van der Waals surface area contributed by atoms with Crippen LogP contribution in [0.25, 0.3) is 0 Å². The minimum atomic E-state index is -0.780. The molecule has 2 atom stereocenters. The average Bonchev–Trinajstić information content (AvgIpc) is 2.99. The molecule has 1 heterocycles. The summed E-state index contributed by atoms with van der Waals surface area (Å²) >= 11 is 0. The largest absolute Gasteiger partial charge is 0.337 e. The van der Waals surface area contributed by atoms with Crippen molar-refractivity contribution in [2.24, 2.45) is 11.8 Å². The molecule has 3 nitrogen and oxygen atoms in total. The van der Waals surface area contributed by atoms with Crippen LogP contribution in [0.2, 0.25) is 0 Å². The van der Waals surface area contributed by atoms with Crippen LogP contribution >= 0.6 is 0 Å². The van der Waals surface area contributed by atoms with Crippen molar-refractivity contribution in [2.75, 3.05) is 0 Å². The lowest BCUT2D eigenvalue weighted by Crippen LogP contribution is -2.38. The van der Waals surface area contributed by atoms with Crippen LogP contribution in [-0.4, -0.2) is 23.8 Å². The van der Waals surface area contributed by atoms with Crippen LogP contribution in [0.5, 0.6) is 0 Å². The molecule has 3 heteroatoms. The number of hydrogen-bond donors (Lipinski definition) is 0. The second-order valence-electron chi connectivity index (χ2n) is 7.75. The quantitative estimate of drug-likeness (QED) is 0.761. The molecule has 2 saturated carbocycles. The van der Waals surface area contributed by atoms with E-state index in [1.54, 1.807) is 12.2 Å². The molecule has 4 rings (SSSR count). The molecule has 3 fully saturated rings. The summed E-state index contributed by atoms with van der Waals surface area (Å²) in [6.45, 7) is 0. The van der Waals surface area contributed by atoms with E-state index >= 15 is 0 Å². The predicted molar refractivity (Wildman–Crippen MR) is 88.9 cm³/mol. The lowest BCUT2D eigenvalue weighted by molar-refractivity contribution is -0.118. The Hall–Kier alpha value is -0.930. The summed E-state index contributed by atoms with van der Waals surface area (Å²) in [5.74, 6) is 0.486. The van der Waals surface area contributed by atoms with Crippen LogP contribution in [0.4, 0.5) is 0 Å². The molecule has 23 heavy (non-hydrogen) atoms. The highest BCUT2D eigenvalue weighted by Crippen LogP contribution is 2.45. The summed E-state index contributed by atoms with van der Waals surface area (Å²) in [5, 5.41) is 0. The van der Waals surface area contributed by atoms with E-state index < -0.39 is 5.79 Å². The Morgan fingerprint density at radius 2 is 1.17 bits per heavy atom. The molecule has 1 saturated heterocycles. The van der Waals surface area contributed by atoms with Gasteiger partial charge in [-0.1, -0.05) is 38.5 Å². The number of carbonyl (C=O) groups is 1. The molecule has 3 aliphatic carbocycles. The van der Waals surface area contributed by atoms with Crippen molar-refractivity contribution < 1.29 is 14.3 Å². The molecular weight excluding hydrogens is 288 g/mol. The second kappa shape index (κ2) is 6.52. The van der Waals surface area contributed by atoms with E-state index in [1.165, 1.54) is 64.2 Å². The van der Waals surface area contributed by atoms with E-state index in [4.69, 9.17) is 9.47 Å². The molecule has 0 aromatic carbocycles. The van der Waals surface area contributed by atoms with E-state index in [0.717, 1.165) is 0 Å². The summed E-state index contributed by atoms with van der Waals surface area (Å²) in [4.78, 5) is 11.5. The third-order valence-electron chi connectivity index (χ3n) is 6.15. The Bertz CT molecular complexity index is 451. The third kappa shape index (κ3) is 3.18. The smallest absolute Gasteiger partial charge is 0.209 e. The zero-order chi connectivity index (χ0) is 15.7. The summed E-state index contributed by atoms with van der Waals surface area (Å²) in [5.41, 5.74) is 0. The fourth-order valence-corrected chi connectivity index (χ4v) is 4.91. The van der Waals surface area contributed by atoms with Gasteiger partial charge in [-0.2, -0.15) is 0 Å². The van der Waals surface area contributed by atoms with Crippen molar-refractivity contribution in [2.45, 2.75) is 82.2 Å². The first-order valence-electron chi connectivity index (χ1n) is 9.54. The summed E-state index contributed by atoms with van der Waals surface area (Å²) in [6.07, 6.45) is 20.3. The van der Waals surface area contributed by atoms with Gasteiger partial charge in [-0.25, -0.2) is 0 Å². The monoisotopic (exact) mass is 316 g/mol. The van der Waals surface area contributed by atoms with Gasteiger partial charge >= 0.3 is 0 Å². The Morgan fingerprint density at radius 3 is 1.61 bits per heavy atom. The van der Waals surface area contributed by atoms with Gasteiger partial charge in [0, 0.05) is 0 Å². The number of allylic oxidation sites excluding steroid dienone is 2. The average molecular weight is 316 g/mol. The van der Waals surface area contributed by atoms with Crippen molar-refractivity contribution in [3.05, 3.63) is 24.3 Å². The number of carbonyl (C=O) groups excluding carboxylic acids is 1. The maximum absolute atomic E-state index is 11.5. The maximum Gasteiger partial charge on any atom is 0.209 e. The minimum absolute atomic E-state index is 0.0261. The maximum atomic E-state index is 11.5. The van der Waals surface area contributed by atoms with Crippen LogP contribution < -0.4 is 0 Å². The van der Waals surface area contributed by atoms with E-state index in [0.29, 0.717) is 11.8 Å². The van der Waals surface area contributed by atoms with Gasteiger partial charge in [0.25, 0.3) is 0 Å². The molecule has 0 N–H and O–H groups in total. The van der Waals surface area contributed by atoms with Crippen LogP contribution in [0, 0.1) is 11.8 Å². The number of rotatable bonds is 2. The Labute approximate surface area is 139 Å². The highest BCUT2D eigenvalue weighted by atomic mass is 16.8. The highest BCUT2D eigenvalue weighted by molar-refractivity contribution is 6.00. The topological polar surface area (TPSA) is 35.5 Å². The fraction of sp³-hybridized carbons (Fsp3) is 0.750. The van der Waals surface area contributed by atoms with Crippen LogP contribution in [-0.2, 0) is 14.3 Å². The molecule has 0 bridgehead atoms. The Balaban J connectivity index is 1.56. The summed E-state index contributed by atoms with van der Waals surface area (Å²) in [7, 11) is 0. The standard InChI is InChI=1S/C20H28O3/c21-17-11-13-20(14-12-17)22-18(15-7-3-1-4-8-15)19(23-20)16-9-5-2-6-10-16/h11-16,18-19H,1-10H2/t18-,19-/m1/s1. The van der Waals surface area contributed by atoms with Gasteiger partial charge in [-0.3, -0.25) is 4.79 Å². The van der Waals surface area contributed by atoms with Crippen LogP contribution in [0.15, 0.2) is 24.3 Å². The predicted octanol–water partition coefficient (Wildman–Crippen LogP) is 4.32. The number of ketones is 1. The first kappa shape index (κ1) is 15.6. The number of hydrogen-bond acceptors (Lipinski definition) is 3. The van der Waals surface area contributed by atoms with E-state index in [-0.39, 0.29) is 18.0 Å². The van der Waals surface area contributed by atoms with Gasteiger partial charge < -0.3 is 9.47 Å². The Kier molecular flexibility index (Phi) is 4.42. The second-order valence-corrected chi connectivity index (χ2v) is 7.75. The summed E-state index contributed by atoms with van der Waals surface area (Å²) in [6, 6.07) is 0. The van der Waals surface area contributed by atoms with Gasteiger partial charge in [-0.05, 0) is 61.8 Å². The van der Waals surface area contributed by atoms with Gasteiger partial charge in [0.15, 0.2) is 5.78 Å². The third-order valence-corrected chi connectivity index (χ3v) is 6.15. The zero-order valence-corrected chi connectivity index (χ0v) is 13.9. The molecule has 0 amide bonds. The lowest BCUT2D eigenvalue weighted by atomic mass is 9.77. The molecule has 126 valence electrons. The van der Waals surface area contributed by atoms with Crippen molar-refractivity contribution >= 4 is 5.78 Å². The van der Waals surface area contributed by atoms with E-state index in [2.05, 4.69) is 0 Å². The minimum Gasteiger partial charge on any atom is -0.337 e. The van der Waals surface area contributed by atoms with Crippen LogP contribution in [0.3, 0.4) is 0 Å². The van der Waals surface area contributed by atoms with Crippen molar-refractivity contribution in [1.29, 1.82) is 0 Å². The van der Waals surface area contributed by atoms with Gasteiger partial charge in [-0.15, -0.1) is 0 Å². The Morgan fingerprint density at radius 1 is 0.739 bits per heavy atom. The molecule has 0 unspecified atom stereocenters. The fourth-order valence-electron chi connectivity index (χ4n) is 4.91. The molecule has 0 aromatic heterocycles. The zero-order valence-electron chi connectivity index (χ0n) is 13.9. The lowest BCUT2D eigenvalue weighted by Gasteiger charge is -2.34. The van der Waals surface area contributed by atoms with Gasteiger partial charge in [0.05, 0.1) is 12.2 Å². The summed E-state index contributed by atoms with van der Waals surface area (Å²) < 4.78 is 13.0. The van der Waals surface area contributed by atoms with Gasteiger partial charge in [0.1, 0.15) is 0 Å². The van der Waals surface area contributed by atoms with E-state index in [9.17, 15) is 4.79 Å². The normalized spacial score (nSPS) is 35.2. The van der Waals surface area contributed by atoms with Crippen molar-refractivity contribution in [1.82, 2.24) is 0 Å². The van der Waals surface area contributed by atoms with Crippen molar-refractivity contribution in [3.63, 3.8) is 0 Å². The molecule has 1 aliphatic heterocycles. The highest BCUT2D eigenvalue weighted by Gasteiger charge is 2.50. The first-order chi connectivity index (χ1) is 11.3. The number of ether oxygens (including phenoxy) is 2. The molecular formula is C20H28O3. The SMILES string of the molecule is O=C1C=CC2(C=C1)O[C@H](C1CCCCC1)[C@@H](C1CCCCC1)O2. The molecule has 0 radical (unpaired) electrons. The molecule has 4 aliphatic rings. The first-order valence-corrected chi connectivity index (χ1v) is 9.54. The van der Waals surface area contributed by atoms with Gasteiger partial charge in [0.2, 0.25) is 5.79 Å². The molecule has 0 aromatic rings. The van der Waals surface area contributed by atoms with Crippen molar-refractivity contribution in [3.8, 4) is 0 Å².